The normalized spacial score (nSPS) is 11.2. The molecule has 0 saturated heterocycles. The van der Waals surface area contributed by atoms with E-state index in [1.807, 2.05) is 30.5 Å². The maximum Gasteiger partial charge on any atom is 0.263 e. The second-order valence-electron chi connectivity index (χ2n) is 4.91. The molecule has 0 unspecified atom stereocenters. The third-order valence-corrected chi connectivity index (χ3v) is 3.62. The van der Waals surface area contributed by atoms with Crippen LogP contribution in [-0.2, 0) is 6.54 Å². The molecule has 0 fully saturated rings. The number of rotatable bonds is 2. The van der Waals surface area contributed by atoms with Crippen LogP contribution in [0, 0.1) is 0 Å². The van der Waals surface area contributed by atoms with Crippen molar-refractivity contribution in [3.8, 4) is 0 Å². The molecule has 5 nitrogen and oxygen atoms in total. The van der Waals surface area contributed by atoms with E-state index in [1.54, 1.807) is 29.2 Å². The van der Waals surface area contributed by atoms with Crippen LogP contribution in [0.4, 0.5) is 0 Å². The van der Waals surface area contributed by atoms with Gasteiger partial charge in [0.2, 0.25) is 0 Å². The van der Waals surface area contributed by atoms with Crippen molar-refractivity contribution in [2.45, 2.75) is 6.54 Å². The number of hydrogen-bond acceptors (Lipinski definition) is 3. The Morgan fingerprint density at radius 3 is 2.95 bits per heavy atom. The predicted octanol–water partition coefficient (Wildman–Crippen LogP) is 2.32. The number of H-pyrrole nitrogens is 1. The van der Waals surface area contributed by atoms with Crippen LogP contribution in [0.1, 0.15) is 5.56 Å². The molecule has 1 aromatic carbocycles. The topological polar surface area (TPSA) is 63.6 Å². The lowest BCUT2D eigenvalue weighted by Gasteiger charge is -2.07. The molecule has 0 radical (unpaired) electrons. The molecule has 0 aliphatic carbocycles. The molecule has 1 N–H and O–H groups in total. The Balaban J connectivity index is 1.86. The van der Waals surface area contributed by atoms with E-state index in [2.05, 4.69) is 15.0 Å². The number of pyridine rings is 1. The Morgan fingerprint density at radius 2 is 2.00 bits per heavy atom. The van der Waals surface area contributed by atoms with E-state index in [1.165, 1.54) is 0 Å². The number of aromatic amines is 1. The number of hydrogen-bond donors (Lipinski definition) is 1. The van der Waals surface area contributed by atoms with Crippen molar-refractivity contribution >= 4 is 21.9 Å². The zero-order valence-corrected chi connectivity index (χ0v) is 11.2. The number of benzene rings is 1. The summed E-state index contributed by atoms with van der Waals surface area (Å²) in [5.74, 6) is 0. The second kappa shape index (κ2) is 4.56. The standard InChI is InChI=1S/C16H12N4O/c21-16-13-4-2-7-18-15(13)19-10-20(16)9-11-3-1-5-14-12(11)6-8-17-14/h1-8,10,17H,9H2. The fourth-order valence-electron chi connectivity index (χ4n) is 2.58. The molecule has 0 saturated carbocycles. The van der Waals surface area contributed by atoms with Crippen molar-refractivity contribution in [3.63, 3.8) is 0 Å². The summed E-state index contributed by atoms with van der Waals surface area (Å²) < 4.78 is 1.62. The average Bonchev–Trinajstić information content (AvgIpc) is 3.00. The summed E-state index contributed by atoms with van der Waals surface area (Å²) in [4.78, 5) is 24.0. The third-order valence-electron chi connectivity index (χ3n) is 3.62. The lowest BCUT2D eigenvalue weighted by atomic mass is 10.1. The number of nitrogens with zero attached hydrogens (tertiary/aromatic N) is 3. The Bertz CT molecular complexity index is 1000. The van der Waals surface area contributed by atoms with Crippen LogP contribution in [0.15, 0.2) is 59.9 Å². The van der Waals surface area contributed by atoms with Gasteiger partial charge in [-0.25, -0.2) is 9.97 Å². The van der Waals surface area contributed by atoms with E-state index < -0.39 is 0 Å². The highest BCUT2D eigenvalue weighted by atomic mass is 16.1. The first-order chi connectivity index (χ1) is 10.3. The summed E-state index contributed by atoms with van der Waals surface area (Å²) in [6.45, 7) is 0.492. The molecule has 4 rings (SSSR count). The molecule has 102 valence electrons. The Labute approximate surface area is 119 Å². The maximum atomic E-state index is 12.5. The van der Waals surface area contributed by atoms with Gasteiger partial charge in [-0.15, -0.1) is 0 Å². The van der Waals surface area contributed by atoms with Crippen molar-refractivity contribution in [1.29, 1.82) is 0 Å². The molecule has 3 aromatic heterocycles. The van der Waals surface area contributed by atoms with Gasteiger partial charge in [0.25, 0.3) is 5.56 Å². The molecule has 5 heteroatoms. The second-order valence-corrected chi connectivity index (χ2v) is 4.91. The van der Waals surface area contributed by atoms with E-state index in [0.29, 0.717) is 17.6 Å². The van der Waals surface area contributed by atoms with Gasteiger partial charge in [0, 0.05) is 23.3 Å². The lowest BCUT2D eigenvalue weighted by molar-refractivity contribution is 0.751. The lowest BCUT2D eigenvalue weighted by Crippen LogP contribution is -2.21. The fraction of sp³-hybridized carbons (Fsp3) is 0.0625. The largest absolute Gasteiger partial charge is 0.361 e. The summed E-state index contributed by atoms with van der Waals surface area (Å²) >= 11 is 0. The monoisotopic (exact) mass is 276 g/mol. The van der Waals surface area contributed by atoms with Gasteiger partial charge in [0.05, 0.1) is 11.9 Å². The fourth-order valence-corrected chi connectivity index (χ4v) is 2.58. The molecular weight excluding hydrogens is 264 g/mol. The first-order valence-corrected chi connectivity index (χ1v) is 6.68. The van der Waals surface area contributed by atoms with Crippen LogP contribution in [0.2, 0.25) is 0 Å². The highest BCUT2D eigenvalue weighted by molar-refractivity contribution is 5.82. The van der Waals surface area contributed by atoms with E-state index >= 15 is 0 Å². The van der Waals surface area contributed by atoms with Gasteiger partial charge >= 0.3 is 0 Å². The summed E-state index contributed by atoms with van der Waals surface area (Å²) in [5.41, 5.74) is 2.57. The van der Waals surface area contributed by atoms with E-state index in [-0.39, 0.29) is 5.56 Å². The Morgan fingerprint density at radius 1 is 1.05 bits per heavy atom. The van der Waals surface area contributed by atoms with Crippen LogP contribution in [-0.4, -0.2) is 19.5 Å². The van der Waals surface area contributed by atoms with Gasteiger partial charge in [0.1, 0.15) is 6.33 Å². The predicted molar refractivity (Wildman–Crippen MR) is 81.2 cm³/mol. The molecule has 21 heavy (non-hydrogen) atoms. The van der Waals surface area contributed by atoms with Crippen LogP contribution < -0.4 is 5.56 Å². The number of aromatic nitrogens is 4. The van der Waals surface area contributed by atoms with Gasteiger partial charge in [-0.2, -0.15) is 0 Å². The third kappa shape index (κ3) is 1.90. The average molecular weight is 276 g/mol. The van der Waals surface area contributed by atoms with E-state index in [9.17, 15) is 4.79 Å². The smallest absolute Gasteiger partial charge is 0.263 e. The molecule has 0 bridgehead atoms. The molecule has 4 aromatic rings. The molecule has 0 aliphatic rings. The van der Waals surface area contributed by atoms with Gasteiger partial charge in [-0.05, 0) is 29.8 Å². The highest BCUT2D eigenvalue weighted by Crippen LogP contribution is 2.18. The quantitative estimate of drug-likeness (QED) is 0.611. The minimum Gasteiger partial charge on any atom is -0.361 e. The van der Waals surface area contributed by atoms with E-state index in [4.69, 9.17) is 0 Å². The van der Waals surface area contributed by atoms with Crippen LogP contribution >= 0.6 is 0 Å². The maximum absolute atomic E-state index is 12.5. The Hall–Kier alpha value is -2.95. The van der Waals surface area contributed by atoms with Crippen LogP contribution in [0.25, 0.3) is 21.9 Å². The summed E-state index contributed by atoms with van der Waals surface area (Å²) in [6, 6.07) is 11.6. The molecule has 0 spiro atoms. The summed E-state index contributed by atoms with van der Waals surface area (Å²) in [6.07, 6.45) is 5.10. The SMILES string of the molecule is O=c1c2cccnc2ncn1Cc1cccc2[nH]ccc12. The van der Waals surface area contributed by atoms with Gasteiger partial charge in [-0.1, -0.05) is 12.1 Å². The van der Waals surface area contributed by atoms with Gasteiger partial charge in [0.15, 0.2) is 5.65 Å². The zero-order chi connectivity index (χ0) is 14.2. The first-order valence-electron chi connectivity index (χ1n) is 6.68. The first kappa shape index (κ1) is 11.8. The van der Waals surface area contributed by atoms with E-state index in [0.717, 1.165) is 16.5 Å². The van der Waals surface area contributed by atoms with Crippen molar-refractivity contribution in [2.75, 3.05) is 0 Å². The van der Waals surface area contributed by atoms with Crippen LogP contribution in [0.5, 0.6) is 0 Å². The number of nitrogens with one attached hydrogen (secondary N) is 1. The molecule has 0 amide bonds. The van der Waals surface area contributed by atoms with Gasteiger partial charge < -0.3 is 4.98 Å². The minimum atomic E-state index is -0.0689. The van der Waals surface area contributed by atoms with Crippen molar-refractivity contribution < 1.29 is 0 Å². The molecule has 0 atom stereocenters. The zero-order valence-electron chi connectivity index (χ0n) is 11.2. The molecule has 3 heterocycles. The van der Waals surface area contributed by atoms with Gasteiger partial charge in [-0.3, -0.25) is 9.36 Å². The summed E-state index contributed by atoms with van der Waals surface area (Å²) in [7, 11) is 0. The highest BCUT2D eigenvalue weighted by Gasteiger charge is 2.07. The minimum absolute atomic E-state index is 0.0689. The van der Waals surface area contributed by atoms with Crippen molar-refractivity contribution in [2.24, 2.45) is 0 Å². The summed E-state index contributed by atoms with van der Waals surface area (Å²) in [5, 5.41) is 1.66. The molecular formula is C16H12N4O. The number of fused-ring (bicyclic) bond motifs is 2. The van der Waals surface area contributed by atoms with Crippen molar-refractivity contribution in [1.82, 2.24) is 19.5 Å². The Kier molecular flexibility index (Phi) is 2.57. The van der Waals surface area contributed by atoms with Crippen LogP contribution in [0.3, 0.4) is 0 Å². The van der Waals surface area contributed by atoms with Crippen molar-refractivity contribution in [3.05, 3.63) is 71.0 Å². The molecule has 0 aliphatic heterocycles.